The molecular formula is C42H32. The van der Waals surface area contributed by atoms with Gasteiger partial charge in [-0.15, -0.1) is 0 Å². The molecule has 0 saturated carbocycles. The van der Waals surface area contributed by atoms with E-state index in [1.165, 1.54) is 55.0 Å². The third-order valence-corrected chi connectivity index (χ3v) is 9.23. The molecule has 0 bridgehead atoms. The summed E-state index contributed by atoms with van der Waals surface area (Å²) in [6, 6.07) is 37.7. The Morgan fingerprint density at radius 2 is 0.929 bits per heavy atom. The topological polar surface area (TPSA) is 0 Å². The normalized spacial score (nSPS) is 23.3. The quantitative estimate of drug-likeness (QED) is 0.245. The van der Waals surface area contributed by atoms with Crippen molar-refractivity contribution >= 4 is 11.1 Å². The van der Waals surface area contributed by atoms with Crippen LogP contribution in [-0.2, 0) is 0 Å². The van der Waals surface area contributed by atoms with E-state index in [4.69, 9.17) is 0 Å². The van der Waals surface area contributed by atoms with Crippen molar-refractivity contribution in [2.45, 2.75) is 0 Å². The highest BCUT2D eigenvalue weighted by Gasteiger charge is 2.34. The Hall–Kier alpha value is -4.94. The zero-order valence-electron chi connectivity index (χ0n) is 23.5. The van der Waals surface area contributed by atoms with Crippen LogP contribution in [0.1, 0.15) is 5.56 Å². The minimum Gasteiger partial charge on any atom is -0.0767 e. The molecule has 0 heterocycles. The second-order valence-electron chi connectivity index (χ2n) is 11.6. The molecule has 0 amide bonds. The molecule has 4 aromatic rings. The van der Waals surface area contributed by atoms with Gasteiger partial charge < -0.3 is 0 Å². The third-order valence-electron chi connectivity index (χ3n) is 9.23. The van der Waals surface area contributed by atoms with E-state index in [0.717, 1.165) is 0 Å². The van der Waals surface area contributed by atoms with Crippen molar-refractivity contribution in [1.82, 2.24) is 0 Å². The lowest BCUT2D eigenvalue weighted by Gasteiger charge is -2.35. The molecule has 0 aromatic heterocycles. The summed E-state index contributed by atoms with van der Waals surface area (Å²) in [6.45, 7) is 0. The van der Waals surface area contributed by atoms with Crippen LogP contribution in [0.15, 0.2) is 176 Å². The van der Waals surface area contributed by atoms with Crippen LogP contribution >= 0.6 is 0 Å². The molecule has 8 rings (SSSR count). The van der Waals surface area contributed by atoms with Crippen molar-refractivity contribution in [1.29, 1.82) is 0 Å². The van der Waals surface area contributed by atoms with Gasteiger partial charge in [0.25, 0.3) is 0 Å². The van der Waals surface area contributed by atoms with Gasteiger partial charge in [-0.3, -0.25) is 0 Å². The maximum atomic E-state index is 2.49. The van der Waals surface area contributed by atoms with Crippen LogP contribution in [0.3, 0.4) is 0 Å². The summed E-state index contributed by atoms with van der Waals surface area (Å²) in [5.74, 6) is 1.42. The first-order valence-electron chi connectivity index (χ1n) is 15.0. The molecule has 4 aliphatic carbocycles. The van der Waals surface area contributed by atoms with Crippen LogP contribution in [0.2, 0.25) is 0 Å². The number of benzene rings is 4. The molecule has 0 saturated heterocycles. The first kappa shape index (κ1) is 24.8. The lowest BCUT2D eigenvalue weighted by atomic mass is 9.68. The monoisotopic (exact) mass is 536 g/mol. The molecule has 0 nitrogen and oxygen atoms in total. The lowest BCUT2D eigenvalue weighted by Crippen LogP contribution is -2.40. The minimum atomic E-state index is 0.262. The molecule has 0 aliphatic heterocycles. The fourth-order valence-corrected chi connectivity index (χ4v) is 7.24. The van der Waals surface area contributed by atoms with Crippen molar-refractivity contribution in [2.24, 2.45) is 23.7 Å². The van der Waals surface area contributed by atoms with E-state index in [1.807, 2.05) is 0 Å². The van der Waals surface area contributed by atoms with Gasteiger partial charge in [-0.1, -0.05) is 170 Å². The standard InChI is InChI=1S/C42H32/c1-2-12-29(13-3-1)31-22-25-32(26-23-31)35-16-6-7-17-36(35)42-39-20-10-8-18-37(39)41(38-19-9-11-21-40(38)42)34-27-24-30-14-4-5-15-33(30)28-34/h1-28,30,33,37,39H. The summed E-state index contributed by atoms with van der Waals surface area (Å²) in [5.41, 5.74) is 10.6. The highest BCUT2D eigenvalue weighted by Crippen LogP contribution is 2.44. The number of rotatable bonds is 4. The van der Waals surface area contributed by atoms with E-state index < -0.39 is 0 Å². The van der Waals surface area contributed by atoms with Crippen molar-refractivity contribution in [2.75, 3.05) is 0 Å². The van der Waals surface area contributed by atoms with E-state index in [1.54, 1.807) is 0 Å². The minimum absolute atomic E-state index is 0.262. The summed E-state index contributed by atoms with van der Waals surface area (Å²) in [4.78, 5) is 0. The predicted octanol–water partition coefficient (Wildman–Crippen LogP) is 8.60. The Balaban J connectivity index is 1.33. The fourth-order valence-electron chi connectivity index (χ4n) is 7.24. The lowest BCUT2D eigenvalue weighted by molar-refractivity contribution is 0.648. The molecule has 200 valence electrons. The van der Waals surface area contributed by atoms with Gasteiger partial charge in [0.1, 0.15) is 0 Å². The first-order chi connectivity index (χ1) is 20.8. The van der Waals surface area contributed by atoms with Gasteiger partial charge in [0.15, 0.2) is 0 Å². The van der Waals surface area contributed by atoms with E-state index in [-0.39, 0.29) is 11.8 Å². The van der Waals surface area contributed by atoms with E-state index in [9.17, 15) is 0 Å². The number of fused-ring (bicyclic) bond motifs is 3. The average molecular weight is 537 g/mol. The molecule has 0 N–H and O–H groups in total. The molecule has 4 aliphatic rings. The third kappa shape index (κ3) is 4.23. The molecule has 0 fully saturated rings. The number of hydrogen-bond acceptors (Lipinski definition) is 0. The Kier molecular flexibility index (Phi) is 6.19. The Bertz CT molecular complexity index is 1970. The summed E-state index contributed by atoms with van der Waals surface area (Å²) in [6.07, 6.45) is 25.6. The molecular weight excluding hydrogens is 504 g/mol. The SMILES string of the molecule is C1=CC2C=CC(C3=c4ccccc4=C(c4ccccc4-c4ccc(-c5ccccc5)cc4)C4C=CC=CC34)=CC2C=C1. The van der Waals surface area contributed by atoms with Gasteiger partial charge in [-0.05, 0) is 55.0 Å². The van der Waals surface area contributed by atoms with Gasteiger partial charge in [-0.2, -0.15) is 0 Å². The van der Waals surface area contributed by atoms with Crippen LogP contribution in [0.5, 0.6) is 0 Å². The maximum Gasteiger partial charge on any atom is 0.0137 e. The zero-order chi connectivity index (χ0) is 27.9. The van der Waals surface area contributed by atoms with Crippen molar-refractivity contribution in [3.05, 3.63) is 192 Å². The average Bonchev–Trinajstić information content (AvgIpc) is 3.07. The second-order valence-corrected chi connectivity index (χ2v) is 11.6. The Labute approximate surface area is 248 Å². The van der Waals surface area contributed by atoms with Gasteiger partial charge in [0.05, 0.1) is 0 Å². The van der Waals surface area contributed by atoms with Crippen LogP contribution in [0, 0.1) is 23.7 Å². The summed E-state index contributed by atoms with van der Waals surface area (Å²) in [7, 11) is 0. The largest absolute Gasteiger partial charge is 0.0767 e. The Morgan fingerprint density at radius 3 is 1.69 bits per heavy atom. The van der Waals surface area contributed by atoms with Crippen molar-refractivity contribution in [3.8, 4) is 22.3 Å². The van der Waals surface area contributed by atoms with Gasteiger partial charge in [0, 0.05) is 23.7 Å². The van der Waals surface area contributed by atoms with Gasteiger partial charge in [0.2, 0.25) is 0 Å². The summed E-state index contributed by atoms with van der Waals surface area (Å²) >= 11 is 0. The maximum absolute atomic E-state index is 2.49. The molecule has 42 heavy (non-hydrogen) atoms. The predicted molar refractivity (Wildman–Crippen MR) is 177 cm³/mol. The number of hydrogen-bond donors (Lipinski definition) is 0. The van der Waals surface area contributed by atoms with E-state index in [2.05, 4.69) is 170 Å². The molecule has 0 heteroatoms. The summed E-state index contributed by atoms with van der Waals surface area (Å²) < 4.78 is 0. The van der Waals surface area contributed by atoms with Crippen LogP contribution in [0.4, 0.5) is 0 Å². The van der Waals surface area contributed by atoms with Crippen LogP contribution < -0.4 is 10.4 Å². The van der Waals surface area contributed by atoms with Crippen molar-refractivity contribution in [3.63, 3.8) is 0 Å². The smallest absolute Gasteiger partial charge is 0.0137 e. The first-order valence-corrected chi connectivity index (χ1v) is 15.0. The van der Waals surface area contributed by atoms with Crippen molar-refractivity contribution < 1.29 is 0 Å². The molecule has 4 aromatic carbocycles. The molecule has 4 atom stereocenters. The van der Waals surface area contributed by atoms with Gasteiger partial charge >= 0.3 is 0 Å². The molecule has 0 radical (unpaired) electrons. The molecule has 0 spiro atoms. The van der Waals surface area contributed by atoms with Crippen LogP contribution in [-0.4, -0.2) is 0 Å². The number of allylic oxidation sites excluding steroid dienone is 12. The fraction of sp³-hybridized carbons (Fsp3) is 0.0952. The van der Waals surface area contributed by atoms with Gasteiger partial charge in [-0.25, -0.2) is 0 Å². The summed E-state index contributed by atoms with van der Waals surface area (Å²) in [5, 5.41) is 2.70. The van der Waals surface area contributed by atoms with E-state index in [0.29, 0.717) is 11.8 Å². The zero-order valence-corrected chi connectivity index (χ0v) is 23.5. The second kappa shape index (κ2) is 10.5. The van der Waals surface area contributed by atoms with E-state index >= 15 is 0 Å². The van der Waals surface area contributed by atoms with Crippen LogP contribution in [0.25, 0.3) is 33.4 Å². The highest BCUT2D eigenvalue weighted by molar-refractivity contribution is 5.88. The Morgan fingerprint density at radius 1 is 0.381 bits per heavy atom. The molecule has 4 unspecified atom stereocenters. The highest BCUT2D eigenvalue weighted by atomic mass is 14.4.